The standard InChI is InChI=1S/C11H22O7/c12-1-10(2-13,3-14)5-16-6-11(4-15)7-17-9-18-8-11/h12-15H,1-9H2. The molecule has 0 aromatic rings. The third-order valence-electron chi connectivity index (χ3n) is 3.14. The highest BCUT2D eigenvalue weighted by molar-refractivity contribution is 4.81. The summed E-state index contributed by atoms with van der Waals surface area (Å²) in [7, 11) is 0. The van der Waals surface area contributed by atoms with Crippen molar-refractivity contribution in [3.63, 3.8) is 0 Å². The maximum Gasteiger partial charge on any atom is 0.146 e. The molecular formula is C11H22O7. The summed E-state index contributed by atoms with van der Waals surface area (Å²) in [4.78, 5) is 0. The molecule has 1 aliphatic rings. The quantitative estimate of drug-likeness (QED) is 0.400. The number of aliphatic hydroxyl groups is 4. The van der Waals surface area contributed by atoms with Gasteiger partial charge in [-0.3, -0.25) is 0 Å². The zero-order valence-electron chi connectivity index (χ0n) is 10.4. The molecule has 0 spiro atoms. The lowest BCUT2D eigenvalue weighted by atomic mass is 9.90. The van der Waals surface area contributed by atoms with Crippen LogP contribution in [-0.4, -0.2) is 80.1 Å². The first-order valence-electron chi connectivity index (χ1n) is 5.83. The van der Waals surface area contributed by atoms with Crippen LogP contribution in [0.5, 0.6) is 0 Å². The average molecular weight is 266 g/mol. The van der Waals surface area contributed by atoms with Gasteiger partial charge in [0.2, 0.25) is 0 Å². The molecular weight excluding hydrogens is 244 g/mol. The summed E-state index contributed by atoms with van der Waals surface area (Å²) in [6.45, 7) is -0.240. The second-order valence-electron chi connectivity index (χ2n) is 4.94. The second kappa shape index (κ2) is 7.34. The van der Waals surface area contributed by atoms with Crippen molar-refractivity contribution >= 4 is 0 Å². The Balaban J connectivity index is 2.43. The molecule has 1 fully saturated rings. The van der Waals surface area contributed by atoms with E-state index < -0.39 is 10.8 Å². The van der Waals surface area contributed by atoms with Gasteiger partial charge in [0.1, 0.15) is 6.79 Å². The van der Waals surface area contributed by atoms with E-state index in [9.17, 15) is 5.11 Å². The summed E-state index contributed by atoms with van der Waals surface area (Å²) < 4.78 is 15.7. The largest absolute Gasteiger partial charge is 0.396 e. The summed E-state index contributed by atoms with van der Waals surface area (Å²) in [5.74, 6) is 0. The van der Waals surface area contributed by atoms with E-state index in [1.807, 2.05) is 0 Å². The minimum Gasteiger partial charge on any atom is -0.396 e. The molecule has 108 valence electrons. The highest BCUT2D eigenvalue weighted by Gasteiger charge is 2.35. The lowest BCUT2D eigenvalue weighted by molar-refractivity contribution is -0.198. The molecule has 0 atom stereocenters. The van der Waals surface area contributed by atoms with Gasteiger partial charge in [0.05, 0.1) is 63.7 Å². The zero-order chi connectivity index (χ0) is 13.5. The smallest absolute Gasteiger partial charge is 0.146 e. The van der Waals surface area contributed by atoms with Gasteiger partial charge in [-0.2, -0.15) is 0 Å². The van der Waals surface area contributed by atoms with Gasteiger partial charge in [-0.05, 0) is 0 Å². The highest BCUT2D eigenvalue weighted by Crippen LogP contribution is 2.24. The van der Waals surface area contributed by atoms with Crippen molar-refractivity contribution in [2.45, 2.75) is 0 Å². The van der Waals surface area contributed by atoms with Crippen molar-refractivity contribution in [3.8, 4) is 0 Å². The van der Waals surface area contributed by atoms with E-state index in [0.717, 1.165) is 0 Å². The van der Waals surface area contributed by atoms with E-state index in [1.54, 1.807) is 0 Å². The molecule has 1 saturated heterocycles. The van der Waals surface area contributed by atoms with Gasteiger partial charge in [-0.25, -0.2) is 0 Å². The third kappa shape index (κ3) is 3.86. The van der Waals surface area contributed by atoms with Crippen molar-refractivity contribution in [1.82, 2.24) is 0 Å². The maximum absolute atomic E-state index is 9.35. The number of hydrogen-bond acceptors (Lipinski definition) is 7. The Hall–Kier alpha value is -0.280. The normalized spacial score (nSPS) is 20.0. The van der Waals surface area contributed by atoms with Gasteiger partial charge in [0, 0.05) is 0 Å². The van der Waals surface area contributed by atoms with E-state index in [0.29, 0.717) is 13.2 Å². The SMILES string of the molecule is OCC(CO)(CO)COCC1(CO)COCOC1. The second-order valence-corrected chi connectivity index (χ2v) is 4.94. The summed E-state index contributed by atoms with van der Waals surface area (Å²) in [5, 5.41) is 36.8. The summed E-state index contributed by atoms with van der Waals surface area (Å²) >= 11 is 0. The first-order valence-corrected chi connectivity index (χ1v) is 5.83. The van der Waals surface area contributed by atoms with Crippen LogP contribution in [0.15, 0.2) is 0 Å². The van der Waals surface area contributed by atoms with Crippen LogP contribution in [0, 0.1) is 10.8 Å². The van der Waals surface area contributed by atoms with E-state index in [2.05, 4.69) is 0 Å². The van der Waals surface area contributed by atoms with Crippen molar-refractivity contribution in [3.05, 3.63) is 0 Å². The first-order chi connectivity index (χ1) is 8.66. The van der Waals surface area contributed by atoms with Crippen molar-refractivity contribution in [2.75, 3.05) is 59.6 Å². The Bertz CT molecular complexity index is 215. The summed E-state index contributed by atoms with van der Waals surface area (Å²) in [5.41, 5.74) is -1.68. The topological polar surface area (TPSA) is 109 Å². The lowest BCUT2D eigenvalue weighted by Gasteiger charge is -2.36. The van der Waals surface area contributed by atoms with Gasteiger partial charge in [-0.1, -0.05) is 0 Å². The van der Waals surface area contributed by atoms with Gasteiger partial charge < -0.3 is 34.6 Å². The first kappa shape index (κ1) is 15.8. The van der Waals surface area contributed by atoms with Crippen molar-refractivity contribution < 1.29 is 34.6 Å². The lowest BCUT2D eigenvalue weighted by Crippen LogP contribution is -2.46. The predicted octanol–water partition coefficient (Wildman–Crippen LogP) is -2.05. The van der Waals surface area contributed by atoms with Crippen LogP contribution in [0.1, 0.15) is 0 Å². The molecule has 0 radical (unpaired) electrons. The molecule has 0 aliphatic carbocycles. The number of rotatable bonds is 8. The molecule has 0 bridgehead atoms. The number of ether oxygens (including phenoxy) is 3. The molecule has 0 unspecified atom stereocenters. The minimum absolute atomic E-state index is 0.00174. The molecule has 0 aromatic carbocycles. The van der Waals surface area contributed by atoms with Crippen LogP contribution in [0.4, 0.5) is 0 Å². The van der Waals surface area contributed by atoms with Gasteiger partial charge in [0.15, 0.2) is 0 Å². The Morgan fingerprint density at radius 3 is 2.00 bits per heavy atom. The Labute approximate surface area is 106 Å². The van der Waals surface area contributed by atoms with E-state index >= 15 is 0 Å². The minimum atomic E-state index is -1.06. The third-order valence-corrected chi connectivity index (χ3v) is 3.14. The van der Waals surface area contributed by atoms with E-state index in [4.69, 9.17) is 29.5 Å². The van der Waals surface area contributed by atoms with E-state index in [-0.39, 0.29) is 46.4 Å². The predicted molar refractivity (Wildman–Crippen MR) is 60.8 cm³/mol. The Kier molecular flexibility index (Phi) is 6.44. The molecule has 18 heavy (non-hydrogen) atoms. The maximum atomic E-state index is 9.35. The van der Waals surface area contributed by atoms with Crippen LogP contribution in [0.2, 0.25) is 0 Å². The molecule has 0 saturated carbocycles. The molecule has 1 rings (SSSR count). The monoisotopic (exact) mass is 266 g/mol. The van der Waals surface area contributed by atoms with E-state index in [1.165, 1.54) is 0 Å². The zero-order valence-corrected chi connectivity index (χ0v) is 10.4. The van der Waals surface area contributed by atoms with Crippen LogP contribution in [0.25, 0.3) is 0 Å². The fraction of sp³-hybridized carbons (Fsp3) is 1.00. The molecule has 0 aromatic heterocycles. The molecule has 4 N–H and O–H groups in total. The van der Waals surface area contributed by atoms with Gasteiger partial charge in [0.25, 0.3) is 0 Å². The Morgan fingerprint density at radius 1 is 1.00 bits per heavy atom. The summed E-state index contributed by atoms with van der Waals surface area (Å²) in [6, 6.07) is 0. The Morgan fingerprint density at radius 2 is 1.56 bits per heavy atom. The fourth-order valence-corrected chi connectivity index (χ4v) is 1.61. The van der Waals surface area contributed by atoms with Crippen LogP contribution >= 0.6 is 0 Å². The average Bonchev–Trinajstić information content (AvgIpc) is 2.45. The highest BCUT2D eigenvalue weighted by atomic mass is 16.7. The van der Waals surface area contributed by atoms with Crippen molar-refractivity contribution in [2.24, 2.45) is 10.8 Å². The van der Waals surface area contributed by atoms with Gasteiger partial charge >= 0.3 is 0 Å². The number of hydrogen-bond donors (Lipinski definition) is 4. The van der Waals surface area contributed by atoms with Crippen molar-refractivity contribution in [1.29, 1.82) is 0 Å². The molecule has 1 heterocycles. The molecule has 1 aliphatic heterocycles. The fourth-order valence-electron chi connectivity index (χ4n) is 1.61. The van der Waals surface area contributed by atoms with Gasteiger partial charge in [-0.15, -0.1) is 0 Å². The molecule has 7 heteroatoms. The molecule has 7 nitrogen and oxygen atoms in total. The van der Waals surface area contributed by atoms with Crippen LogP contribution in [0.3, 0.4) is 0 Å². The summed E-state index contributed by atoms with van der Waals surface area (Å²) in [6.07, 6.45) is 0. The van der Waals surface area contributed by atoms with Crippen LogP contribution in [-0.2, 0) is 14.2 Å². The number of aliphatic hydroxyl groups excluding tert-OH is 4. The molecule has 0 amide bonds. The van der Waals surface area contributed by atoms with Crippen LogP contribution < -0.4 is 0 Å².